The third kappa shape index (κ3) is 1.70. The van der Waals surface area contributed by atoms with Crippen LogP contribution in [0.25, 0.3) is 5.82 Å². The first-order valence-electron chi connectivity index (χ1n) is 5.80. The summed E-state index contributed by atoms with van der Waals surface area (Å²) in [6.07, 6.45) is -0.718. The zero-order chi connectivity index (χ0) is 13.6. The molecule has 0 unspecified atom stereocenters. The summed E-state index contributed by atoms with van der Waals surface area (Å²) in [5.74, 6) is -0.164. The van der Waals surface area contributed by atoms with Crippen molar-refractivity contribution in [2.24, 2.45) is 0 Å². The van der Waals surface area contributed by atoms with E-state index in [-0.39, 0.29) is 46.6 Å². The molecule has 2 N–H and O–H groups in total. The Balaban J connectivity index is 2.76. The molecule has 2 heterocycles. The predicted octanol–water partition coefficient (Wildman–Crippen LogP) is 1.61. The standard InChI is InChI=1S/C8H7BrN4/c9-6-3-12-13(5-6)8-2-1-7(10)4-11-8/h1-5H,10H2/i1D,2D,3D,4D,5D. The number of nitrogens with two attached hydrogens (primary N) is 1. The summed E-state index contributed by atoms with van der Waals surface area (Å²) in [5.41, 5.74) is 5.22. The lowest BCUT2D eigenvalue weighted by Gasteiger charge is -1.98. The second-order valence-electron chi connectivity index (χ2n) is 2.16. The maximum Gasteiger partial charge on any atom is 0.153 e. The molecular formula is C8H7BrN4. The van der Waals surface area contributed by atoms with Crippen molar-refractivity contribution < 1.29 is 6.85 Å². The van der Waals surface area contributed by atoms with Crippen molar-refractivity contribution >= 4 is 21.6 Å². The second-order valence-corrected chi connectivity index (χ2v) is 2.95. The van der Waals surface area contributed by atoms with Crippen molar-refractivity contribution in [3.8, 4) is 5.82 Å². The van der Waals surface area contributed by atoms with Crippen molar-refractivity contribution in [1.29, 1.82) is 0 Å². The van der Waals surface area contributed by atoms with Crippen LogP contribution < -0.4 is 5.73 Å². The van der Waals surface area contributed by atoms with Crippen molar-refractivity contribution in [1.82, 2.24) is 14.8 Å². The number of nitrogen functional groups attached to an aromatic ring is 1. The van der Waals surface area contributed by atoms with Crippen LogP contribution in [0.3, 0.4) is 0 Å². The van der Waals surface area contributed by atoms with E-state index in [9.17, 15) is 0 Å². The van der Waals surface area contributed by atoms with Gasteiger partial charge in [0, 0.05) is 6.17 Å². The van der Waals surface area contributed by atoms with Gasteiger partial charge in [0.05, 0.1) is 29.4 Å². The molecule has 13 heavy (non-hydrogen) atoms. The normalized spacial score (nSPS) is 15.6. The van der Waals surface area contributed by atoms with Gasteiger partial charge in [-0.3, -0.25) is 0 Å². The maximum absolute atomic E-state index is 7.71. The minimum Gasteiger partial charge on any atom is -0.397 e. The Hall–Kier alpha value is -1.36. The van der Waals surface area contributed by atoms with Gasteiger partial charge in [-0.2, -0.15) is 5.10 Å². The van der Waals surface area contributed by atoms with Crippen LogP contribution in [0, 0.1) is 0 Å². The minimum atomic E-state index is -0.358. The zero-order valence-corrected chi connectivity index (χ0v) is 7.88. The fraction of sp³-hybridized carbons (Fsp3) is 0. The summed E-state index contributed by atoms with van der Waals surface area (Å²) in [4.78, 5) is 3.73. The van der Waals surface area contributed by atoms with Gasteiger partial charge in [0.1, 0.15) is 0 Å². The number of hydrogen-bond donors (Lipinski definition) is 1. The van der Waals surface area contributed by atoms with E-state index >= 15 is 0 Å². The molecule has 0 bridgehead atoms. The van der Waals surface area contributed by atoms with Crippen LogP contribution in [0.4, 0.5) is 5.69 Å². The van der Waals surface area contributed by atoms with E-state index < -0.39 is 0 Å². The van der Waals surface area contributed by atoms with E-state index in [2.05, 4.69) is 26.0 Å². The Morgan fingerprint density at radius 2 is 2.31 bits per heavy atom. The largest absolute Gasteiger partial charge is 0.397 e. The van der Waals surface area contributed by atoms with E-state index in [4.69, 9.17) is 12.6 Å². The molecule has 2 aromatic heterocycles. The molecule has 4 nitrogen and oxygen atoms in total. The third-order valence-corrected chi connectivity index (χ3v) is 1.60. The molecule has 0 saturated heterocycles. The summed E-state index contributed by atoms with van der Waals surface area (Å²) in [6, 6.07) is -0.686. The molecule has 66 valence electrons. The number of pyridine rings is 1. The van der Waals surface area contributed by atoms with Gasteiger partial charge in [-0.1, -0.05) is 0 Å². The Morgan fingerprint density at radius 1 is 1.46 bits per heavy atom. The molecule has 0 fully saturated rings. The summed E-state index contributed by atoms with van der Waals surface area (Å²) < 4.78 is 39.0. The monoisotopic (exact) mass is 243 g/mol. The molecule has 0 atom stereocenters. The molecule has 0 radical (unpaired) electrons. The van der Waals surface area contributed by atoms with Gasteiger partial charge >= 0.3 is 0 Å². The van der Waals surface area contributed by atoms with Crippen LogP contribution in [0.15, 0.2) is 35.1 Å². The van der Waals surface area contributed by atoms with Gasteiger partial charge in [-0.05, 0) is 28.0 Å². The molecule has 2 rings (SSSR count). The number of anilines is 1. The molecule has 0 saturated carbocycles. The van der Waals surface area contributed by atoms with Crippen LogP contribution in [0.5, 0.6) is 0 Å². The minimum absolute atomic E-state index is 0.151. The van der Waals surface area contributed by atoms with Crippen LogP contribution in [0.1, 0.15) is 6.85 Å². The highest BCUT2D eigenvalue weighted by Gasteiger charge is 1.98. The Kier molecular flexibility index (Phi) is 1.04. The van der Waals surface area contributed by atoms with Crippen LogP contribution in [-0.2, 0) is 0 Å². The van der Waals surface area contributed by atoms with Gasteiger partial charge in [0.25, 0.3) is 0 Å². The fourth-order valence-electron chi connectivity index (χ4n) is 0.730. The average Bonchev–Trinajstić information content (AvgIpc) is 2.59. The number of halogens is 1. The second kappa shape index (κ2) is 3.18. The number of aromatic nitrogens is 3. The molecule has 2 aromatic rings. The Morgan fingerprint density at radius 3 is 3.00 bits per heavy atom. The lowest BCUT2D eigenvalue weighted by Crippen LogP contribution is -1.97. The van der Waals surface area contributed by atoms with Gasteiger partial charge in [0.2, 0.25) is 0 Å². The maximum atomic E-state index is 7.71. The molecule has 0 amide bonds. The highest BCUT2D eigenvalue weighted by atomic mass is 79.9. The van der Waals surface area contributed by atoms with Crippen LogP contribution in [0.2, 0.25) is 0 Å². The average molecular weight is 244 g/mol. The third-order valence-electron chi connectivity index (χ3n) is 1.24. The first-order valence-corrected chi connectivity index (χ1v) is 4.09. The van der Waals surface area contributed by atoms with Gasteiger partial charge in [0.15, 0.2) is 5.82 Å². The Bertz CT molecular complexity index is 641. The number of rotatable bonds is 1. The van der Waals surface area contributed by atoms with E-state index in [1.807, 2.05) is 0 Å². The van der Waals surface area contributed by atoms with E-state index in [1.165, 1.54) is 0 Å². The van der Waals surface area contributed by atoms with Gasteiger partial charge < -0.3 is 5.73 Å². The molecule has 0 aliphatic heterocycles. The first-order chi connectivity index (χ1) is 8.34. The molecule has 0 aromatic carbocycles. The topological polar surface area (TPSA) is 56.7 Å². The van der Waals surface area contributed by atoms with E-state index in [1.54, 1.807) is 0 Å². The van der Waals surface area contributed by atoms with Crippen LogP contribution >= 0.6 is 15.9 Å². The number of nitrogens with zero attached hydrogens (tertiary/aromatic N) is 3. The van der Waals surface area contributed by atoms with Crippen molar-refractivity contribution in [2.45, 2.75) is 0 Å². The fourth-order valence-corrected chi connectivity index (χ4v) is 0.977. The quantitative estimate of drug-likeness (QED) is 0.829. The van der Waals surface area contributed by atoms with Crippen molar-refractivity contribution in [3.63, 3.8) is 0 Å². The molecule has 5 heteroatoms. The van der Waals surface area contributed by atoms with Crippen molar-refractivity contribution in [2.75, 3.05) is 5.73 Å². The predicted molar refractivity (Wildman–Crippen MR) is 53.5 cm³/mol. The van der Waals surface area contributed by atoms with Gasteiger partial charge in [-0.15, -0.1) is 0 Å². The summed E-state index contributed by atoms with van der Waals surface area (Å²) in [6.45, 7) is 0. The first kappa shape index (κ1) is 4.23. The SMILES string of the molecule is [2H]c1nc(-n2nc([2H])c(Br)c2[2H])c([2H])c([2H])c1N. The highest BCUT2D eigenvalue weighted by Crippen LogP contribution is 2.11. The lowest BCUT2D eigenvalue weighted by molar-refractivity contribution is 0.847. The molecular weight excluding hydrogens is 232 g/mol. The summed E-state index contributed by atoms with van der Waals surface area (Å²) in [7, 11) is 0. The zero-order valence-electron chi connectivity index (χ0n) is 11.3. The summed E-state index contributed by atoms with van der Waals surface area (Å²) in [5, 5.41) is 3.71. The highest BCUT2D eigenvalue weighted by molar-refractivity contribution is 9.10. The van der Waals surface area contributed by atoms with Gasteiger partial charge in [-0.25, -0.2) is 9.67 Å². The van der Waals surface area contributed by atoms with E-state index in [0.717, 1.165) is 4.68 Å². The molecule has 0 aliphatic rings. The smallest absolute Gasteiger partial charge is 0.153 e. The van der Waals surface area contributed by atoms with E-state index in [0.29, 0.717) is 0 Å². The van der Waals surface area contributed by atoms with Crippen LogP contribution in [-0.4, -0.2) is 14.8 Å². The lowest BCUT2D eigenvalue weighted by atomic mass is 10.4. The molecule has 0 spiro atoms. The molecule has 0 aliphatic carbocycles. The Labute approximate surface area is 90.5 Å². The summed E-state index contributed by atoms with van der Waals surface area (Å²) >= 11 is 3.01. The van der Waals surface area contributed by atoms with Crippen molar-refractivity contribution in [3.05, 3.63) is 35.1 Å². The number of hydrogen-bond acceptors (Lipinski definition) is 3.